The smallest absolute Gasteiger partial charge is 0.271 e. The van der Waals surface area contributed by atoms with E-state index in [1.807, 2.05) is 29.0 Å². The molecular weight excluding hydrogens is 425 g/mol. The number of halogens is 1. The standard InChI is InChI=1S/C25H28FN3O2S/c1-25(24(31)27-19-9-4-2-3-5-10-19)16-28-20-11-12-32-22(20)14-21(28)23(30)29(25)15-17-7-6-8-18(26)13-17/h6-8,11-14,19H,2-5,9-10,15-16H2,1H3,(H,27,31)/t25-/m0/s1. The molecule has 0 saturated heterocycles. The zero-order valence-corrected chi connectivity index (χ0v) is 19.1. The number of hydrogen-bond acceptors (Lipinski definition) is 3. The van der Waals surface area contributed by atoms with E-state index in [0.717, 1.165) is 35.9 Å². The first-order chi connectivity index (χ1) is 15.5. The highest BCUT2D eigenvalue weighted by molar-refractivity contribution is 7.17. The van der Waals surface area contributed by atoms with Gasteiger partial charge >= 0.3 is 0 Å². The van der Waals surface area contributed by atoms with Gasteiger partial charge in [0, 0.05) is 12.6 Å². The normalized spacial score (nSPS) is 22.1. The second kappa shape index (κ2) is 8.35. The van der Waals surface area contributed by atoms with Crippen molar-refractivity contribution in [1.29, 1.82) is 0 Å². The first-order valence-corrected chi connectivity index (χ1v) is 12.3. The van der Waals surface area contributed by atoms with Crippen molar-refractivity contribution in [3.8, 4) is 0 Å². The van der Waals surface area contributed by atoms with Crippen molar-refractivity contribution in [1.82, 2.24) is 14.8 Å². The summed E-state index contributed by atoms with van der Waals surface area (Å²) >= 11 is 1.59. The molecule has 0 bridgehead atoms. The molecule has 0 unspecified atom stereocenters. The molecule has 0 spiro atoms. The molecule has 32 heavy (non-hydrogen) atoms. The molecule has 1 aliphatic carbocycles. The third-order valence-electron chi connectivity index (χ3n) is 6.96. The Morgan fingerprint density at radius 3 is 2.72 bits per heavy atom. The van der Waals surface area contributed by atoms with E-state index in [1.54, 1.807) is 28.4 Å². The van der Waals surface area contributed by atoms with Crippen molar-refractivity contribution < 1.29 is 14.0 Å². The van der Waals surface area contributed by atoms with E-state index in [9.17, 15) is 14.0 Å². The predicted molar refractivity (Wildman–Crippen MR) is 124 cm³/mol. The number of nitrogens with zero attached hydrogens (tertiary/aromatic N) is 2. The zero-order valence-electron chi connectivity index (χ0n) is 18.3. The van der Waals surface area contributed by atoms with Crippen LogP contribution in [0.4, 0.5) is 4.39 Å². The number of amides is 2. The summed E-state index contributed by atoms with van der Waals surface area (Å²) < 4.78 is 16.9. The molecule has 0 radical (unpaired) electrons. The molecule has 1 N–H and O–H groups in total. The van der Waals surface area contributed by atoms with Crippen molar-refractivity contribution in [2.24, 2.45) is 0 Å². The summed E-state index contributed by atoms with van der Waals surface area (Å²) in [5.41, 5.74) is 1.17. The average molecular weight is 454 g/mol. The Labute approximate surface area is 191 Å². The van der Waals surface area contributed by atoms with Gasteiger partial charge < -0.3 is 14.8 Å². The molecule has 1 fully saturated rings. The van der Waals surface area contributed by atoms with Crippen LogP contribution in [0.1, 0.15) is 61.5 Å². The molecule has 5 rings (SSSR count). The largest absolute Gasteiger partial charge is 0.351 e. The van der Waals surface area contributed by atoms with Crippen LogP contribution in [-0.4, -0.2) is 32.9 Å². The highest BCUT2D eigenvalue weighted by Crippen LogP contribution is 2.35. The molecule has 1 atom stereocenters. The maximum Gasteiger partial charge on any atom is 0.271 e. The minimum Gasteiger partial charge on any atom is -0.351 e. The SMILES string of the molecule is C[C@@]1(C(=O)NC2CCCCCC2)Cn2c(cc3sccc32)C(=O)N1Cc1cccc(F)c1. The van der Waals surface area contributed by atoms with Crippen LogP contribution in [0.2, 0.25) is 0 Å². The van der Waals surface area contributed by atoms with Crippen molar-refractivity contribution in [3.05, 3.63) is 58.9 Å². The summed E-state index contributed by atoms with van der Waals surface area (Å²) in [4.78, 5) is 29.0. The number of nitrogens with one attached hydrogen (secondary N) is 1. The number of carbonyl (C=O) groups is 2. The van der Waals surface area contributed by atoms with E-state index in [0.29, 0.717) is 17.8 Å². The minimum absolute atomic E-state index is 0.128. The Hall–Kier alpha value is -2.67. The molecular formula is C25H28FN3O2S. The van der Waals surface area contributed by atoms with E-state index in [4.69, 9.17) is 0 Å². The minimum atomic E-state index is -1.07. The summed E-state index contributed by atoms with van der Waals surface area (Å²) in [5, 5.41) is 5.27. The Bertz CT molecular complexity index is 1160. The number of rotatable bonds is 4. The van der Waals surface area contributed by atoms with Crippen LogP contribution in [0.3, 0.4) is 0 Å². The van der Waals surface area contributed by atoms with Gasteiger partial charge in [-0.05, 0) is 55.0 Å². The van der Waals surface area contributed by atoms with Gasteiger partial charge in [0.15, 0.2) is 0 Å². The quantitative estimate of drug-likeness (QED) is 0.559. The van der Waals surface area contributed by atoms with Crippen molar-refractivity contribution in [3.63, 3.8) is 0 Å². The van der Waals surface area contributed by atoms with Crippen molar-refractivity contribution in [2.75, 3.05) is 0 Å². The van der Waals surface area contributed by atoms with E-state index < -0.39 is 5.54 Å². The third kappa shape index (κ3) is 3.72. The number of carbonyl (C=O) groups excluding carboxylic acids is 2. The van der Waals surface area contributed by atoms with Gasteiger partial charge in [-0.15, -0.1) is 11.3 Å². The first-order valence-electron chi connectivity index (χ1n) is 11.4. The molecule has 7 heteroatoms. The molecule has 1 aromatic carbocycles. The Morgan fingerprint density at radius 1 is 1.19 bits per heavy atom. The van der Waals surface area contributed by atoms with Gasteiger partial charge in [0.2, 0.25) is 5.91 Å². The second-order valence-corrected chi connectivity index (χ2v) is 10.2. The van der Waals surface area contributed by atoms with E-state index in [2.05, 4.69) is 5.32 Å². The predicted octanol–water partition coefficient (Wildman–Crippen LogP) is 5.10. The van der Waals surface area contributed by atoms with Crippen LogP contribution in [0.5, 0.6) is 0 Å². The molecule has 3 heterocycles. The van der Waals surface area contributed by atoms with Crippen LogP contribution >= 0.6 is 11.3 Å². The fourth-order valence-corrected chi connectivity index (χ4v) is 5.93. The monoisotopic (exact) mass is 453 g/mol. The molecule has 2 aromatic heterocycles. The molecule has 1 aliphatic heterocycles. The summed E-state index contributed by atoms with van der Waals surface area (Å²) in [7, 11) is 0. The van der Waals surface area contributed by atoms with Gasteiger partial charge in [0.25, 0.3) is 5.91 Å². The number of benzene rings is 1. The number of aromatic nitrogens is 1. The molecule has 3 aromatic rings. The summed E-state index contributed by atoms with van der Waals surface area (Å²) in [6, 6.07) is 10.3. The Balaban J connectivity index is 1.52. The Morgan fingerprint density at radius 2 is 1.97 bits per heavy atom. The molecule has 2 aliphatic rings. The number of fused-ring (bicyclic) bond motifs is 3. The lowest BCUT2D eigenvalue weighted by Crippen LogP contribution is -2.64. The van der Waals surface area contributed by atoms with Crippen LogP contribution in [-0.2, 0) is 17.9 Å². The van der Waals surface area contributed by atoms with Gasteiger partial charge in [-0.2, -0.15) is 0 Å². The van der Waals surface area contributed by atoms with Crippen LogP contribution < -0.4 is 5.32 Å². The van der Waals surface area contributed by atoms with Gasteiger partial charge in [-0.25, -0.2) is 4.39 Å². The van der Waals surface area contributed by atoms with E-state index in [-0.39, 0.29) is 30.2 Å². The highest BCUT2D eigenvalue weighted by Gasteiger charge is 2.48. The topological polar surface area (TPSA) is 54.3 Å². The molecule has 2 amide bonds. The number of thiophene rings is 1. The summed E-state index contributed by atoms with van der Waals surface area (Å²) in [6.45, 7) is 2.41. The lowest BCUT2D eigenvalue weighted by Gasteiger charge is -2.44. The van der Waals surface area contributed by atoms with Crippen LogP contribution in [0.25, 0.3) is 10.2 Å². The maximum absolute atomic E-state index is 13.9. The van der Waals surface area contributed by atoms with Crippen molar-refractivity contribution >= 4 is 33.4 Å². The fraction of sp³-hybridized carbons (Fsp3) is 0.440. The first kappa shape index (κ1) is 21.2. The molecule has 168 valence electrons. The van der Waals surface area contributed by atoms with Crippen LogP contribution in [0.15, 0.2) is 41.8 Å². The third-order valence-corrected chi connectivity index (χ3v) is 7.81. The lowest BCUT2D eigenvalue weighted by atomic mass is 9.93. The second-order valence-electron chi connectivity index (χ2n) is 9.24. The highest BCUT2D eigenvalue weighted by atomic mass is 32.1. The van der Waals surface area contributed by atoms with Gasteiger partial charge in [-0.3, -0.25) is 9.59 Å². The van der Waals surface area contributed by atoms with Crippen LogP contribution in [0, 0.1) is 5.82 Å². The van der Waals surface area contributed by atoms with E-state index in [1.165, 1.54) is 25.0 Å². The fourth-order valence-electron chi connectivity index (χ4n) is 5.10. The van der Waals surface area contributed by atoms with E-state index >= 15 is 0 Å². The average Bonchev–Trinajstić information content (AvgIpc) is 3.26. The molecule has 1 saturated carbocycles. The van der Waals surface area contributed by atoms with Gasteiger partial charge in [0.1, 0.15) is 17.1 Å². The maximum atomic E-state index is 13.9. The lowest BCUT2D eigenvalue weighted by molar-refractivity contribution is -0.134. The number of hydrogen-bond donors (Lipinski definition) is 1. The van der Waals surface area contributed by atoms with Gasteiger partial charge in [0.05, 0.1) is 16.8 Å². The zero-order chi connectivity index (χ0) is 22.3. The van der Waals surface area contributed by atoms with Crippen molar-refractivity contribution in [2.45, 2.75) is 70.1 Å². The summed E-state index contributed by atoms with van der Waals surface area (Å²) in [6.07, 6.45) is 6.59. The van der Waals surface area contributed by atoms with Gasteiger partial charge in [-0.1, -0.05) is 37.8 Å². The summed E-state index contributed by atoms with van der Waals surface area (Å²) in [5.74, 6) is -0.667. The molecule has 5 nitrogen and oxygen atoms in total. The Kier molecular flexibility index (Phi) is 5.53.